The molecule has 1 aromatic carbocycles. The minimum atomic E-state index is 0.0526. The molecule has 3 heterocycles. The highest BCUT2D eigenvalue weighted by Crippen LogP contribution is 2.27. The molecular formula is C20H28N4O2. The Labute approximate surface area is 154 Å². The number of rotatable bonds is 3. The first-order chi connectivity index (χ1) is 12.7. The Morgan fingerprint density at radius 2 is 2.15 bits per heavy atom. The first-order valence-corrected chi connectivity index (χ1v) is 9.84. The van der Waals surface area contributed by atoms with Gasteiger partial charge in [0.05, 0.1) is 30.4 Å². The second-order valence-electron chi connectivity index (χ2n) is 7.42. The van der Waals surface area contributed by atoms with E-state index in [1.807, 2.05) is 11.1 Å². The zero-order valence-electron chi connectivity index (χ0n) is 15.5. The molecular weight excluding hydrogens is 328 g/mol. The van der Waals surface area contributed by atoms with E-state index in [0.717, 1.165) is 51.8 Å². The third-order valence-corrected chi connectivity index (χ3v) is 5.65. The lowest BCUT2D eigenvalue weighted by Gasteiger charge is -2.34. The minimum Gasteiger partial charge on any atom is -0.379 e. The number of fused-ring (bicyclic) bond motifs is 1. The van der Waals surface area contributed by atoms with Crippen molar-refractivity contribution in [3.63, 3.8) is 0 Å². The van der Waals surface area contributed by atoms with Crippen LogP contribution in [0.4, 0.5) is 4.79 Å². The molecule has 0 spiro atoms. The first-order valence-electron chi connectivity index (χ1n) is 9.84. The van der Waals surface area contributed by atoms with Gasteiger partial charge in [0.1, 0.15) is 0 Å². The van der Waals surface area contributed by atoms with Crippen LogP contribution in [0.5, 0.6) is 0 Å². The lowest BCUT2D eigenvalue weighted by atomic mass is 10.0. The van der Waals surface area contributed by atoms with Gasteiger partial charge in [-0.3, -0.25) is 4.68 Å². The van der Waals surface area contributed by atoms with E-state index in [2.05, 4.69) is 40.2 Å². The normalized spacial score (nSPS) is 21.9. The van der Waals surface area contributed by atoms with E-state index >= 15 is 0 Å². The van der Waals surface area contributed by atoms with Crippen molar-refractivity contribution in [2.45, 2.75) is 51.1 Å². The Hall–Kier alpha value is -2.08. The maximum Gasteiger partial charge on any atom is 0.317 e. The third kappa shape index (κ3) is 3.56. The zero-order chi connectivity index (χ0) is 17.9. The van der Waals surface area contributed by atoms with Crippen molar-refractivity contribution in [3.05, 3.63) is 30.0 Å². The second kappa shape index (κ2) is 7.66. The monoisotopic (exact) mass is 356 g/mol. The van der Waals surface area contributed by atoms with Gasteiger partial charge in [0.2, 0.25) is 0 Å². The van der Waals surface area contributed by atoms with Gasteiger partial charge in [0.25, 0.3) is 0 Å². The summed E-state index contributed by atoms with van der Waals surface area (Å²) in [7, 11) is 0. The Bertz CT molecular complexity index is 758. The van der Waals surface area contributed by atoms with E-state index in [4.69, 9.17) is 4.74 Å². The number of hydrogen-bond acceptors (Lipinski definition) is 3. The molecule has 1 N–H and O–H groups in total. The van der Waals surface area contributed by atoms with E-state index in [9.17, 15) is 4.79 Å². The lowest BCUT2D eigenvalue weighted by Crippen LogP contribution is -2.50. The van der Waals surface area contributed by atoms with Gasteiger partial charge in [-0.15, -0.1) is 0 Å². The molecule has 0 bridgehead atoms. The molecule has 0 saturated carbocycles. The Morgan fingerprint density at radius 1 is 1.31 bits per heavy atom. The maximum absolute atomic E-state index is 12.5. The van der Waals surface area contributed by atoms with Gasteiger partial charge < -0.3 is 15.0 Å². The number of carbonyl (C=O) groups is 1. The van der Waals surface area contributed by atoms with Crippen molar-refractivity contribution in [3.8, 4) is 0 Å². The molecule has 6 nitrogen and oxygen atoms in total. The van der Waals surface area contributed by atoms with Gasteiger partial charge >= 0.3 is 6.03 Å². The van der Waals surface area contributed by atoms with E-state index < -0.39 is 0 Å². The van der Waals surface area contributed by atoms with Crippen LogP contribution in [0.3, 0.4) is 0 Å². The van der Waals surface area contributed by atoms with Crippen molar-refractivity contribution in [2.24, 2.45) is 0 Å². The van der Waals surface area contributed by atoms with Crippen LogP contribution in [0.25, 0.3) is 10.9 Å². The molecule has 2 amide bonds. The number of aromatic nitrogens is 2. The molecule has 0 aliphatic carbocycles. The van der Waals surface area contributed by atoms with E-state index in [1.54, 1.807) is 0 Å². The number of carbonyl (C=O) groups excluding carboxylic acids is 1. The molecule has 4 rings (SSSR count). The molecule has 2 aromatic rings. The minimum absolute atomic E-state index is 0.0526. The van der Waals surface area contributed by atoms with Crippen molar-refractivity contribution in [2.75, 3.05) is 26.3 Å². The average Bonchev–Trinajstić information content (AvgIpc) is 3.12. The molecule has 6 heteroatoms. The van der Waals surface area contributed by atoms with Gasteiger partial charge in [-0.2, -0.15) is 5.10 Å². The fourth-order valence-electron chi connectivity index (χ4n) is 4.05. The summed E-state index contributed by atoms with van der Waals surface area (Å²) in [6.07, 6.45) is 6.94. The summed E-state index contributed by atoms with van der Waals surface area (Å²) in [4.78, 5) is 14.4. The van der Waals surface area contributed by atoms with Gasteiger partial charge in [0.15, 0.2) is 0 Å². The predicted molar refractivity (Wildman–Crippen MR) is 101 cm³/mol. The lowest BCUT2D eigenvalue weighted by molar-refractivity contribution is 0.0696. The number of nitrogens with one attached hydrogen (secondary N) is 1. The van der Waals surface area contributed by atoms with Crippen LogP contribution in [0.2, 0.25) is 0 Å². The summed E-state index contributed by atoms with van der Waals surface area (Å²) in [6.45, 7) is 5.18. The molecule has 2 fully saturated rings. The smallest absolute Gasteiger partial charge is 0.317 e. The number of ether oxygens (including phenoxy) is 1. The van der Waals surface area contributed by atoms with E-state index in [1.165, 1.54) is 16.5 Å². The molecule has 2 saturated heterocycles. The maximum atomic E-state index is 12.5. The fourth-order valence-corrected chi connectivity index (χ4v) is 4.05. The summed E-state index contributed by atoms with van der Waals surface area (Å²) in [5, 5.41) is 8.97. The number of likely N-dealkylation sites (tertiary alicyclic amines) is 1. The molecule has 1 aromatic heterocycles. The molecule has 1 atom stereocenters. The van der Waals surface area contributed by atoms with Crippen LogP contribution in [-0.4, -0.2) is 53.1 Å². The first kappa shape index (κ1) is 17.3. The standard InChI is InChI=1S/C20H28N4O2/c1-2-15-5-6-19-16(12-15)13-21-24(19)18-7-9-23(10-8-18)20(25)22-17-4-3-11-26-14-17/h5-6,12-13,17-18H,2-4,7-11,14H2,1H3,(H,22,25). The summed E-state index contributed by atoms with van der Waals surface area (Å²) >= 11 is 0. The summed E-state index contributed by atoms with van der Waals surface area (Å²) in [6, 6.07) is 7.18. The highest BCUT2D eigenvalue weighted by Gasteiger charge is 2.26. The largest absolute Gasteiger partial charge is 0.379 e. The van der Waals surface area contributed by atoms with Crippen molar-refractivity contribution in [1.82, 2.24) is 20.0 Å². The Balaban J connectivity index is 1.36. The summed E-state index contributed by atoms with van der Waals surface area (Å²) < 4.78 is 7.60. The summed E-state index contributed by atoms with van der Waals surface area (Å²) in [5.41, 5.74) is 2.54. The molecule has 0 radical (unpaired) electrons. The van der Waals surface area contributed by atoms with Crippen LogP contribution in [0, 0.1) is 0 Å². The van der Waals surface area contributed by atoms with Crippen LogP contribution in [0.1, 0.15) is 44.2 Å². The number of urea groups is 1. The summed E-state index contributed by atoms with van der Waals surface area (Å²) in [5.74, 6) is 0. The van der Waals surface area contributed by atoms with Gasteiger partial charge in [-0.25, -0.2) is 4.79 Å². The van der Waals surface area contributed by atoms with Crippen LogP contribution >= 0.6 is 0 Å². The quantitative estimate of drug-likeness (QED) is 0.919. The Kier molecular flexibility index (Phi) is 5.11. The van der Waals surface area contributed by atoms with Crippen molar-refractivity contribution in [1.29, 1.82) is 0 Å². The van der Waals surface area contributed by atoms with Crippen LogP contribution < -0.4 is 5.32 Å². The van der Waals surface area contributed by atoms with Gasteiger partial charge in [0, 0.05) is 25.1 Å². The highest BCUT2D eigenvalue weighted by atomic mass is 16.5. The molecule has 140 valence electrons. The number of hydrogen-bond donors (Lipinski definition) is 1. The molecule has 2 aliphatic rings. The molecule has 1 unspecified atom stereocenters. The number of aryl methyl sites for hydroxylation is 1. The van der Waals surface area contributed by atoms with E-state index in [-0.39, 0.29) is 12.1 Å². The molecule has 26 heavy (non-hydrogen) atoms. The molecule has 2 aliphatic heterocycles. The van der Waals surface area contributed by atoms with Crippen LogP contribution in [0.15, 0.2) is 24.4 Å². The number of piperidine rings is 1. The number of benzene rings is 1. The predicted octanol–water partition coefficient (Wildman–Crippen LogP) is 3.12. The highest BCUT2D eigenvalue weighted by molar-refractivity contribution is 5.79. The Morgan fingerprint density at radius 3 is 2.88 bits per heavy atom. The average molecular weight is 356 g/mol. The SMILES string of the molecule is CCc1ccc2c(cnn2C2CCN(C(=O)NC3CCCOC3)CC2)c1. The van der Waals surface area contributed by atoms with Gasteiger partial charge in [-0.1, -0.05) is 13.0 Å². The number of nitrogens with zero attached hydrogens (tertiary/aromatic N) is 3. The zero-order valence-corrected chi connectivity index (χ0v) is 15.5. The van der Waals surface area contributed by atoms with Crippen LogP contribution in [-0.2, 0) is 11.2 Å². The second-order valence-corrected chi connectivity index (χ2v) is 7.42. The topological polar surface area (TPSA) is 59.4 Å². The van der Waals surface area contributed by atoms with E-state index in [0.29, 0.717) is 12.6 Å². The van der Waals surface area contributed by atoms with Crippen molar-refractivity contribution >= 4 is 16.9 Å². The van der Waals surface area contributed by atoms with Gasteiger partial charge in [-0.05, 0) is 49.8 Å². The number of amides is 2. The van der Waals surface area contributed by atoms with Crippen molar-refractivity contribution < 1.29 is 9.53 Å². The fraction of sp³-hybridized carbons (Fsp3) is 0.600. The third-order valence-electron chi connectivity index (χ3n) is 5.65.